The van der Waals surface area contributed by atoms with Crippen molar-refractivity contribution in [2.75, 3.05) is 18.6 Å². The number of alkyl halides is 1. The van der Waals surface area contributed by atoms with Crippen LogP contribution in [-0.2, 0) is 4.74 Å². The van der Waals surface area contributed by atoms with E-state index in [0.717, 1.165) is 0 Å². The second-order valence-electron chi connectivity index (χ2n) is 3.47. The number of aromatic nitrogens is 1. The number of carbonyl (C=O) groups is 1. The quantitative estimate of drug-likeness (QED) is 0.653. The van der Waals surface area contributed by atoms with Crippen LogP contribution in [-0.4, -0.2) is 30.3 Å². The number of carbonyl (C=O) groups excluding carboxylic acids is 1. The lowest BCUT2D eigenvalue weighted by atomic mass is 10.2. The molecule has 4 nitrogen and oxygen atoms in total. The van der Waals surface area contributed by atoms with E-state index in [1.165, 1.54) is 12.3 Å². The minimum Gasteiger partial charge on any atom is -0.462 e. The molecule has 0 amide bonds. The Kier molecular flexibility index (Phi) is 5.15. The number of halogens is 2. The molecular formula is C11H14ClFN2O2. The monoisotopic (exact) mass is 260 g/mol. The molecule has 1 aromatic heterocycles. The smallest absolute Gasteiger partial charge is 0.341 e. The molecule has 0 saturated heterocycles. The van der Waals surface area contributed by atoms with E-state index in [4.69, 9.17) is 16.3 Å². The Morgan fingerprint density at radius 2 is 2.41 bits per heavy atom. The molecule has 94 valence electrons. The number of esters is 1. The third kappa shape index (κ3) is 3.85. The molecule has 1 heterocycles. The van der Waals surface area contributed by atoms with E-state index in [0.29, 0.717) is 5.69 Å². The highest BCUT2D eigenvalue weighted by atomic mass is 35.5. The summed E-state index contributed by atoms with van der Waals surface area (Å²) in [6.45, 7) is 3.07. The van der Waals surface area contributed by atoms with Crippen molar-refractivity contribution in [3.63, 3.8) is 0 Å². The van der Waals surface area contributed by atoms with Crippen molar-refractivity contribution in [3.8, 4) is 0 Å². The molecule has 0 aliphatic carbocycles. The van der Waals surface area contributed by atoms with Crippen molar-refractivity contribution in [1.82, 2.24) is 4.98 Å². The molecule has 17 heavy (non-hydrogen) atoms. The highest BCUT2D eigenvalue weighted by molar-refractivity contribution is 6.29. The van der Waals surface area contributed by atoms with Crippen molar-refractivity contribution in [1.29, 1.82) is 0 Å². The summed E-state index contributed by atoms with van der Waals surface area (Å²) < 4.78 is 17.3. The molecule has 1 rings (SSSR count). The number of hydrogen-bond donors (Lipinski definition) is 1. The van der Waals surface area contributed by atoms with Gasteiger partial charge >= 0.3 is 5.97 Å². The van der Waals surface area contributed by atoms with Gasteiger partial charge in [-0.15, -0.1) is 0 Å². The number of nitrogens with zero attached hydrogens (tertiary/aromatic N) is 1. The predicted molar refractivity (Wildman–Crippen MR) is 64.3 cm³/mol. The predicted octanol–water partition coefficient (Wildman–Crippen LogP) is 2.68. The van der Waals surface area contributed by atoms with E-state index in [2.05, 4.69) is 10.3 Å². The maximum atomic E-state index is 12.4. The maximum Gasteiger partial charge on any atom is 0.341 e. The largest absolute Gasteiger partial charge is 0.462 e. The normalized spacial score (nSPS) is 12.0. The van der Waals surface area contributed by atoms with Crippen LogP contribution in [0.3, 0.4) is 0 Å². The molecule has 0 unspecified atom stereocenters. The molecule has 6 heteroatoms. The lowest BCUT2D eigenvalue weighted by Crippen LogP contribution is -2.20. The average molecular weight is 261 g/mol. The number of anilines is 1. The van der Waals surface area contributed by atoms with Crippen LogP contribution in [0.25, 0.3) is 0 Å². The van der Waals surface area contributed by atoms with Crippen molar-refractivity contribution in [2.45, 2.75) is 19.9 Å². The number of ether oxygens (including phenoxy) is 1. The molecule has 0 saturated carbocycles. The first-order valence-electron chi connectivity index (χ1n) is 5.23. The minimum absolute atomic E-state index is 0.228. The van der Waals surface area contributed by atoms with Crippen molar-refractivity contribution in [2.24, 2.45) is 0 Å². The molecule has 0 radical (unpaired) electrons. The first kappa shape index (κ1) is 13.7. The van der Waals surface area contributed by atoms with Crippen LogP contribution in [0.2, 0.25) is 5.15 Å². The third-order valence-corrected chi connectivity index (χ3v) is 2.21. The van der Waals surface area contributed by atoms with E-state index >= 15 is 0 Å². The second kappa shape index (κ2) is 6.39. The van der Waals surface area contributed by atoms with Crippen LogP contribution in [0, 0.1) is 0 Å². The van der Waals surface area contributed by atoms with Gasteiger partial charge in [0.15, 0.2) is 0 Å². The van der Waals surface area contributed by atoms with Gasteiger partial charge in [0.25, 0.3) is 0 Å². The molecule has 1 atom stereocenters. The Morgan fingerprint density at radius 1 is 1.71 bits per heavy atom. The van der Waals surface area contributed by atoms with E-state index in [1.54, 1.807) is 13.8 Å². The van der Waals surface area contributed by atoms with E-state index in [9.17, 15) is 9.18 Å². The maximum absolute atomic E-state index is 12.4. The van der Waals surface area contributed by atoms with Gasteiger partial charge in [-0.25, -0.2) is 14.2 Å². The first-order valence-corrected chi connectivity index (χ1v) is 5.61. The lowest BCUT2D eigenvalue weighted by Gasteiger charge is -2.14. The molecular weight excluding hydrogens is 247 g/mol. The summed E-state index contributed by atoms with van der Waals surface area (Å²) >= 11 is 5.73. The molecule has 0 aromatic carbocycles. The van der Waals surface area contributed by atoms with Crippen LogP contribution in [0.5, 0.6) is 0 Å². The average Bonchev–Trinajstić information content (AvgIpc) is 2.29. The highest BCUT2D eigenvalue weighted by Crippen LogP contribution is 2.20. The van der Waals surface area contributed by atoms with Gasteiger partial charge in [0.05, 0.1) is 18.3 Å². The Hall–Kier alpha value is -1.36. The van der Waals surface area contributed by atoms with Crippen LogP contribution in [0.1, 0.15) is 24.2 Å². The van der Waals surface area contributed by atoms with Crippen LogP contribution >= 0.6 is 11.6 Å². The fourth-order valence-electron chi connectivity index (χ4n) is 1.22. The number of pyridine rings is 1. The van der Waals surface area contributed by atoms with Crippen molar-refractivity contribution < 1.29 is 13.9 Å². The SMILES string of the molecule is CCOC(=O)c1cnc(Cl)cc1N[C@@H](C)CF. The van der Waals surface area contributed by atoms with Gasteiger partial charge in [-0.1, -0.05) is 11.6 Å². The van der Waals surface area contributed by atoms with E-state index in [1.807, 2.05) is 0 Å². The Balaban J connectivity index is 2.99. The number of rotatable bonds is 5. The summed E-state index contributed by atoms with van der Waals surface area (Å²) in [6.07, 6.45) is 1.31. The summed E-state index contributed by atoms with van der Waals surface area (Å²) in [6, 6.07) is 1.06. The van der Waals surface area contributed by atoms with Crippen LogP contribution in [0.15, 0.2) is 12.3 Å². The Bertz CT molecular complexity index is 401. The van der Waals surface area contributed by atoms with Gasteiger partial charge in [0.2, 0.25) is 0 Å². The van der Waals surface area contributed by atoms with Crippen molar-refractivity contribution in [3.05, 3.63) is 23.0 Å². The summed E-state index contributed by atoms with van der Waals surface area (Å²) in [5, 5.41) is 3.07. The van der Waals surface area contributed by atoms with Crippen molar-refractivity contribution >= 4 is 23.3 Å². The van der Waals surface area contributed by atoms with Gasteiger partial charge in [-0.3, -0.25) is 0 Å². The van der Waals surface area contributed by atoms with Crippen LogP contribution in [0.4, 0.5) is 10.1 Å². The third-order valence-electron chi connectivity index (χ3n) is 2.00. The van der Waals surface area contributed by atoms with Gasteiger partial charge in [0.1, 0.15) is 17.4 Å². The fraction of sp³-hybridized carbons (Fsp3) is 0.455. The molecule has 0 spiro atoms. The summed E-state index contributed by atoms with van der Waals surface area (Å²) in [7, 11) is 0. The molecule has 0 aliphatic heterocycles. The van der Waals surface area contributed by atoms with E-state index < -0.39 is 18.7 Å². The van der Waals surface area contributed by atoms with Crippen LogP contribution < -0.4 is 5.32 Å². The summed E-state index contributed by atoms with van der Waals surface area (Å²) in [5.41, 5.74) is 0.671. The summed E-state index contributed by atoms with van der Waals surface area (Å²) in [5.74, 6) is -0.509. The fourth-order valence-corrected chi connectivity index (χ4v) is 1.38. The highest BCUT2D eigenvalue weighted by Gasteiger charge is 2.15. The standard InChI is InChI=1S/C11H14ClFN2O2/c1-3-17-11(16)8-6-14-10(12)4-9(8)15-7(2)5-13/h4,6-7H,3,5H2,1-2H3,(H,14,15)/t7-/m0/s1. The minimum atomic E-state index is -0.553. The second-order valence-corrected chi connectivity index (χ2v) is 3.86. The zero-order valence-electron chi connectivity index (χ0n) is 9.67. The zero-order valence-corrected chi connectivity index (χ0v) is 10.4. The van der Waals surface area contributed by atoms with Gasteiger partial charge in [-0.2, -0.15) is 0 Å². The molecule has 1 aromatic rings. The van der Waals surface area contributed by atoms with Gasteiger partial charge < -0.3 is 10.1 Å². The molecule has 0 bridgehead atoms. The Labute approximate surface area is 104 Å². The van der Waals surface area contributed by atoms with Gasteiger partial charge in [0, 0.05) is 6.20 Å². The Morgan fingerprint density at radius 3 is 3.00 bits per heavy atom. The summed E-state index contributed by atoms with van der Waals surface area (Å²) in [4.78, 5) is 15.4. The topological polar surface area (TPSA) is 51.2 Å². The number of nitrogens with one attached hydrogen (secondary N) is 1. The van der Waals surface area contributed by atoms with E-state index in [-0.39, 0.29) is 17.3 Å². The molecule has 0 aliphatic rings. The zero-order chi connectivity index (χ0) is 12.8. The van der Waals surface area contributed by atoms with Gasteiger partial charge in [-0.05, 0) is 19.9 Å². The lowest BCUT2D eigenvalue weighted by molar-refractivity contribution is 0.0527. The number of hydrogen-bond acceptors (Lipinski definition) is 4. The molecule has 1 N–H and O–H groups in total. The molecule has 0 fully saturated rings. The first-order chi connectivity index (χ1) is 8.08.